The third-order valence-corrected chi connectivity index (χ3v) is 13.2. The first-order valence-corrected chi connectivity index (χ1v) is 26.3. The zero-order valence-corrected chi connectivity index (χ0v) is 39.8. The van der Waals surface area contributed by atoms with Gasteiger partial charge < -0.3 is 4.90 Å². The van der Waals surface area contributed by atoms with Gasteiger partial charge in [0.1, 0.15) is 6.54 Å². The second kappa shape index (κ2) is 34.1. The van der Waals surface area contributed by atoms with Gasteiger partial charge in [0.2, 0.25) is 11.2 Å². The zero-order chi connectivity index (χ0) is 42.7. The minimum Gasteiger partial charge on any atom is -0.341 e. The fourth-order valence-electron chi connectivity index (χ4n) is 9.36. The van der Waals surface area contributed by atoms with E-state index < -0.39 is 0 Å². The maximum absolute atomic E-state index is 2.54. The van der Waals surface area contributed by atoms with E-state index in [0.29, 0.717) is 0 Å². The fourth-order valence-corrected chi connectivity index (χ4v) is 9.36. The van der Waals surface area contributed by atoms with Crippen molar-refractivity contribution in [1.82, 2.24) is 0 Å². The number of anilines is 1. The number of unbranched alkanes of at least 4 members (excludes halogenated alkanes) is 30. The SMILES string of the molecule is CCCCCCCCCCCCCCCCCCN1C(=CC=CC=Cc2ccc3ccccc3[n+]2CCCCCCCCCCCCCCCCCC)C=Cc2ccccc21. The lowest BCUT2D eigenvalue weighted by atomic mass is 10.0. The van der Waals surface area contributed by atoms with Gasteiger partial charge in [-0.2, -0.15) is 4.57 Å². The summed E-state index contributed by atoms with van der Waals surface area (Å²) in [6.07, 6.45) is 60.9. The molecule has 0 amide bonds. The van der Waals surface area contributed by atoms with Crippen molar-refractivity contribution in [3.63, 3.8) is 0 Å². The fraction of sp³-hybridized carbons (Fsp3) is 0.610. The van der Waals surface area contributed by atoms with E-state index >= 15 is 0 Å². The van der Waals surface area contributed by atoms with Crippen molar-refractivity contribution in [2.24, 2.45) is 0 Å². The lowest BCUT2D eigenvalue weighted by Gasteiger charge is -2.30. The normalized spacial score (nSPS) is 13.5. The van der Waals surface area contributed by atoms with Crippen LogP contribution in [0.15, 0.2) is 96.7 Å². The van der Waals surface area contributed by atoms with Crippen LogP contribution in [0.4, 0.5) is 5.69 Å². The average Bonchev–Trinajstić information content (AvgIpc) is 3.29. The summed E-state index contributed by atoms with van der Waals surface area (Å²) in [6.45, 7) is 6.76. The van der Waals surface area contributed by atoms with Gasteiger partial charge in [-0.1, -0.05) is 255 Å². The summed E-state index contributed by atoms with van der Waals surface area (Å²) >= 11 is 0. The first-order valence-electron chi connectivity index (χ1n) is 26.3. The lowest BCUT2D eigenvalue weighted by Crippen LogP contribution is -2.38. The molecule has 4 rings (SSSR count). The summed E-state index contributed by atoms with van der Waals surface area (Å²) in [5.74, 6) is 0. The van der Waals surface area contributed by atoms with Crippen LogP contribution in [0.25, 0.3) is 23.1 Å². The number of nitrogens with zero attached hydrogens (tertiary/aromatic N) is 2. The van der Waals surface area contributed by atoms with E-state index in [1.807, 2.05) is 0 Å². The molecule has 3 aromatic rings. The quantitative estimate of drug-likeness (QED) is 0.0319. The van der Waals surface area contributed by atoms with Crippen molar-refractivity contribution in [3.05, 3.63) is 108 Å². The molecule has 0 saturated carbocycles. The van der Waals surface area contributed by atoms with Crippen molar-refractivity contribution >= 4 is 28.7 Å². The molecule has 0 saturated heterocycles. The number of hydrogen-bond acceptors (Lipinski definition) is 1. The maximum Gasteiger partial charge on any atom is 0.212 e. The number of rotatable bonds is 37. The third kappa shape index (κ3) is 21.5. The third-order valence-electron chi connectivity index (χ3n) is 13.2. The van der Waals surface area contributed by atoms with Crippen LogP contribution in [-0.2, 0) is 6.54 Å². The van der Waals surface area contributed by atoms with Gasteiger partial charge in [-0.05, 0) is 48.8 Å². The first kappa shape index (κ1) is 50.3. The summed E-state index contributed by atoms with van der Waals surface area (Å²) in [6, 6.07) is 22.4. The van der Waals surface area contributed by atoms with Gasteiger partial charge in [0.05, 0.1) is 0 Å². The van der Waals surface area contributed by atoms with E-state index in [1.165, 1.54) is 239 Å². The zero-order valence-electron chi connectivity index (χ0n) is 39.8. The molecule has 0 unspecified atom stereocenters. The van der Waals surface area contributed by atoms with Crippen molar-refractivity contribution < 1.29 is 4.57 Å². The van der Waals surface area contributed by atoms with Crippen molar-refractivity contribution in [1.29, 1.82) is 0 Å². The number of pyridine rings is 1. The van der Waals surface area contributed by atoms with E-state index in [-0.39, 0.29) is 0 Å². The molecule has 0 fully saturated rings. The van der Waals surface area contributed by atoms with Gasteiger partial charge in [0.15, 0.2) is 0 Å². The van der Waals surface area contributed by atoms with Crippen LogP contribution in [0.2, 0.25) is 0 Å². The molecule has 0 atom stereocenters. The summed E-state index contributed by atoms with van der Waals surface area (Å²) in [4.78, 5) is 2.54. The highest BCUT2D eigenvalue weighted by Crippen LogP contribution is 2.31. The van der Waals surface area contributed by atoms with Crippen molar-refractivity contribution in [3.8, 4) is 0 Å². The maximum atomic E-state index is 2.54. The Morgan fingerprint density at radius 1 is 0.426 bits per heavy atom. The molecule has 0 radical (unpaired) electrons. The Labute approximate surface area is 377 Å². The number of para-hydroxylation sites is 2. The monoisotopic (exact) mass is 828 g/mol. The molecule has 2 aromatic carbocycles. The van der Waals surface area contributed by atoms with E-state index in [4.69, 9.17) is 0 Å². The van der Waals surface area contributed by atoms with E-state index in [0.717, 1.165) is 13.1 Å². The van der Waals surface area contributed by atoms with Crippen LogP contribution in [0, 0.1) is 0 Å². The number of aryl methyl sites for hydroxylation is 1. The molecule has 0 N–H and O–H groups in total. The molecule has 1 aliphatic heterocycles. The Hall–Kier alpha value is -3.39. The molecule has 61 heavy (non-hydrogen) atoms. The van der Waals surface area contributed by atoms with Crippen LogP contribution in [0.5, 0.6) is 0 Å². The highest BCUT2D eigenvalue weighted by Gasteiger charge is 2.16. The Balaban J connectivity index is 1.16. The Kier molecular flexibility index (Phi) is 28.1. The van der Waals surface area contributed by atoms with Crippen LogP contribution >= 0.6 is 0 Å². The van der Waals surface area contributed by atoms with Crippen molar-refractivity contribution in [2.45, 2.75) is 226 Å². The van der Waals surface area contributed by atoms with E-state index in [1.54, 1.807) is 0 Å². The molecule has 0 spiro atoms. The first-order chi connectivity index (χ1) is 30.3. The molecule has 1 aliphatic rings. The lowest BCUT2D eigenvalue weighted by molar-refractivity contribution is -0.673. The Morgan fingerprint density at radius 3 is 1.46 bits per heavy atom. The van der Waals surface area contributed by atoms with Gasteiger partial charge in [0.25, 0.3) is 0 Å². The summed E-state index contributed by atoms with van der Waals surface area (Å²) < 4.78 is 2.54. The molecule has 0 bridgehead atoms. The predicted octanol–water partition coefficient (Wildman–Crippen LogP) is 18.6. The summed E-state index contributed by atoms with van der Waals surface area (Å²) in [7, 11) is 0. The van der Waals surface area contributed by atoms with Crippen LogP contribution in [0.1, 0.15) is 231 Å². The molecule has 2 heteroatoms. The highest BCUT2D eigenvalue weighted by atomic mass is 15.1. The Bertz CT molecular complexity index is 1660. The molecule has 1 aromatic heterocycles. The van der Waals surface area contributed by atoms with Gasteiger partial charge in [-0.15, -0.1) is 0 Å². The van der Waals surface area contributed by atoms with Gasteiger partial charge >= 0.3 is 0 Å². The van der Waals surface area contributed by atoms with E-state index in [2.05, 4.69) is 127 Å². The molecular weight excluding hydrogens is 737 g/mol. The minimum atomic E-state index is 1.08. The molecule has 336 valence electrons. The molecule has 0 aliphatic carbocycles. The second-order valence-corrected chi connectivity index (χ2v) is 18.5. The second-order valence-electron chi connectivity index (χ2n) is 18.5. The standard InChI is InChI=1S/C59H91N2/c1-3-5-7-9-11-13-15-17-19-21-23-25-27-29-31-40-52-60-56(50-48-54-42-36-38-46-58(54)60)44-34-33-35-45-57-51-49-55-43-37-39-47-59(55)61(57)53-41-32-30-28-26-24-22-20-18-16-14-12-10-8-6-4-2/h33-39,42-51H,3-32,40-41,52-53H2,1-2H3/q+1. The number of hydrogen-bond donors (Lipinski definition) is 0. The molecule has 2 heterocycles. The summed E-state index contributed by atoms with van der Waals surface area (Å²) in [5.41, 5.74) is 6.58. The number of aromatic nitrogens is 1. The minimum absolute atomic E-state index is 1.08. The van der Waals surface area contributed by atoms with E-state index in [9.17, 15) is 0 Å². The summed E-state index contributed by atoms with van der Waals surface area (Å²) in [5, 5.41) is 1.32. The molecule has 2 nitrogen and oxygen atoms in total. The Morgan fingerprint density at radius 2 is 0.902 bits per heavy atom. The van der Waals surface area contributed by atoms with Crippen LogP contribution in [0.3, 0.4) is 0 Å². The smallest absolute Gasteiger partial charge is 0.212 e. The van der Waals surface area contributed by atoms with Gasteiger partial charge in [-0.25, -0.2) is 0 Å². The topological polar surface area (TPSA) is 7.12 Å². The van der Waals surface area contributed by atoms with Crippen molar-refractivity contribution in [2.75, 3.05) is 11.4 Å². The largest absolute Gasteiger partial charge is 0.341 e. The number of fused-ring (bicyclic) bond motifs is 2. The van der Waals surface area contributed by atoms with Gasteiger partial charge in [-0.3, -0.25) is 0 Å². The molecular formula is C59H91N2+. The predicted molar refractivity (Wildman–Crippen MR) is 272 cm³/mol. The van der Waals surface area contributed by atoms with Crippen LogP contribution < -0.4 is 9.47 Å². The van der Waals surface area contributed by atoms with Gasteiger partial charge in [0, 0.05) is 47.9 Å². The van der Waals surface area contributed by atoms with Crippen LogP contribution in [-0.4, -0.2) is 6.54 Å². The number of benzene rings is 2. The average molecular weight is 828 g/mol. The number of allylic oxidation sites excluding steroid dienone is 5. The highest BCUT2D eigenvalue weighted by molar-refractivity contribution is 5.77.